The van der Waals surface area contributed by atoms with E-state index in [1.54, 1.807) is 16.8 Å². The van der Waals surface area contributed by atoms with Gasteiger partial charge < -0.3 is 14.7 Å². The highest BCUT2D eigenvalue weighted by molar-refractivity contribution is 6.33. The van der Waals surface area contributed by atoms with Crippen LogP contribution in [0.5, 0.6) is 0 Å². The van der Waals surface area contributed by atoms with Crippen LogP contribution in [0.2, 0.25) is 5.02 Å². The number of morpholine rings is 1. The molecule has 126 valence electrons. The van der Waals surface area contributed by atoms with E-state index >= 15 is 0 Å². The maximum atomic E-state index is 13.1. The predicted octanol–water partition coefficient (Wildman–Crippen LogP) is 1.34. The van der Waals surface area contributed by atoms with Crippen molar-refractivity contribution in [3.05, 3.63) is 34.6 Å². The quantitative estimate of drug-likeness (QED) is 0.872. The Morgan fingerprint density at radius 1 is 1.52 bits per heavy atom. The first kappa shape index (κ1) is 17.7. The lowest BCUT2D eigenvalue weighted by atomic mass is 10.1. The maximum absolute atomic E-state index is 13.1. The predicted molar refractivity (Wildman–Crippen MR) is 82.2 cm³/mol. The molecule has 1 N–H and O–H groups in total. The minimum absolute atomic E-state index is 0.0704. The van der Waals surface area contributed by atoms with Gasteiger partial charge in [0.2, 0.25) is 0 Å². The summed E-state index contributed by atoms with van der Waals surface area (Å²) in [5.41, 5.74) is 0.243. The van der Waals surface area contributed by atoms with Crippen LogP contribution in [0, 0.1) is 5.82 Å². The standard InChI is InChI=1S/C15H18ClFN2O4/c1-18(9-14(20)21)7-11-8-19(4-5-23-11)15(22)12-3-2-10(17)6-13(12)16/h2-3,6,11H,4-5,7-9H2,1H3,(H,20,21). The monoisotopic (exact) mass is 344 g/mol. The molecule has 1 amide bonds. The molecule has 1 aliphatic rings. The molecule has 1 aromatic rings. The number of amides is 1. The van der Waals surface area contributed by atoms with Crippen molar-refractivity contribution in [2.24, 2.45) is 0 Å². The lowest BCUT2D eigenvalue weighted by molar-refractivity contribution is -0.138. The lowest BCUT2D eigenvalue weighted by Gasteiger charge is -2.34. The van der Waals surface area contributed by atoms with Gasteiger partial charge in [0.05, 0.1) is 29.8 Å². The Hall–Kier alpha value is -1.70. The third-order valence-electron chi connectivity index (χ3n) is 3.51. The highest BCUT2D eigenvalue weighted by Crippen LogP contribution is 2.20. The van der Waals surface area contributed by atoms with Crippen molar-refractivity contribution in [3.8, 4) is 0 Å². The van der Waals surface area contributed by atoms with Crippen molar-refractivity contribution in [1.29, 1.82) is 0 Å². The van der Waals surface area contributed by atoms with Crippen molar-refractivity contribution in [2.45, 2.75) is 6.10 Å². The number of rotatable bonds is 5. The number of hydrogen-bond acceptors (Lipinski definition) is 4. The van der Waals surface area contributed by atoms with Crippen LogP contribution in [-0.2, 0) is 9.53 Å². The van der Waals surface area contributed by atoms with Crippen molar-refractivity contribution in [2.75, 3.05) is 39.8 Å². The van der Waals surface area contributed by atoms with Gasteiger partial charge in [-0.3, -0.25) is 14.5 Å². The van der Waals surface area contributed by atoms with Gasteiger partial charge in [0.15, 0.2) is 0 Å². The molecule has 1 saturated heterocycles. The smallest absolute Gasteiger partial charge is 0.317 e. The van der Waals surface area contributed by atoms with Crippen molar-refractivity contribution in [3.63, 3.8) is 0 Å². The first-order valence-electron chi connectivity index (χ1n) is 7.13. The van der Waals surface area contributed by atoms with Crippen molar-refractivity contribution < 1.29 is 23.8 Å². The zero-order chi connectivity index (χ0) is 17.0. The number of hydrogen-bond donors (Lipinski definition) is 1. The molecule has 2 rings (SSSR count). The van der Waals surface area contributed by atoms with Gasteiger partial charge in [-0.05, 0) is 25.2 Å². The van der Waals surface area contributed by atoms with Crippen LogP contribution in [0.3, 0.4) is 0 Å². The summed E-state index contributed by atoms with van der Waals surface area (Å²) in [7, 11) is 1.68. The average molecular weight is 345 g/mol. The number of halogens is 2. The summed E-state index contributed by atoms with van der Waals surface area (Å²) in [6.07, 6.45) is -0.281. The molecule has 6 nitrogen and oxygen atoms in total. The second kappa shape index (κ2) is 7.72. The van der Waals surface area contributed by atoms with Crippen molar-refractivity contribution in [1.82, 2.24) is 9.80 Å². The topological polar surface area (TPSA) is 70.1 Å². The molecule has 8 heteroatoms. The molecule has 1 aliphatic heterocycles. The fraction of sp³-hybridized carbons (Fsp3) is 0.467. The Morgan fingerprint density at radius 2 is 2.26 bits per heavy atom. The van der Waals surface area contributed by atoms with Gasteiger partial charge in [-0.1, -0.05) is 11.6 Å². The van der Waals surface area contributed by atoms with Crippen LogP contribution < -0.4 is 0 Å². The number of likely N-dealkylation sites (N-methyl/N-ethyl adjacent to an activating group) is 1. The van der Waals surface area contributed by atoms with E-state index in [0.717, 1.165) is 6.07 Å². The molecule has 23 heavy (non-hydrogen) atoms. The molecule has 0 aromatic heterocycles. The van der Waals surface area contributed by atoms with Gasteiger partial charge in [-0.15, -0.1) is 0 Å². The van der Waals surface area contributed by atoms with E-state index in [1.165, 1.54) is 12.1 Å². The summed E-state index contributed by atoms with van der Waals surface area (Å²) in [5, 5.41) is 8.83. The molecule has 1 fully saturated rings. The molecule has 0 aliphatic carbocycles. The van der Waals surface area contributed by atoms with Gasteiger partial charge in [-0.25, -0.2) is 4.39 Å². The summed E-state index contributed by atoms with van der Waals surface area (Å²) in [5.74, 6) is -1.71. The van der Waals surface area contributed by atoms with E-state index < -0.39 is 11.8 Å². The number of nitrogens with zero attached hydrogens (tertiary/aromatic N) is 2. The Kier molecular flexibility index (Phi) is 5.92. The summed E-state index contributed by atoms with van der Waals surface area (Å²) in [6, 6.07) is 3.66. The van der Waals surface area contributed by atoms with Gasteiger partial charge in [0, 0.05) is 19.6 Å². The zero-order valence-electron chi connectivity index (χ0n) is 12.7. The molecule has 0 radical (unpaired) electrons. The normalized spacial score (nSPS) is 18.3. The molecular weight excluding hydrogens is 327 g/mol. The van der Waals surface area contributed by atoms with E-state index in [0.29, 0.717) is 26.2 Å². The Bertz CT molecular complexity index is 599. The minimum atomic E-state index is -0.922. The first-order chi connectivity index (χ1) is 10.9. The SMILES string of the molecule is CN(CC(=O)O)CC1CN(C(=O)c2ccc(F)cc2Cl)CCO1. The number of carbonyl (C=O) groups excluding carboxylic acids is 1. The van der Waals surface area contributed by atoms with Crippen LogP contribution >= 0.6 is 11.6 Å². The summed E-state index contributed by atoms with van der Waals surface area (Å²) >= 11 is 5.93. The largest absolute Gasteiger partial charge is 0.480 e. The number of carboxylic acids is 1. The first-order valence-corrected chi connectivity index (χ1v) is 7.51. The number of carboxylic acid groups (broad SMARTS) is 1. The second-order valence-electron chi connectivity index (χ2n) is 5.46. The van der Waals surface area contributed by atoms with Crippen molar-refractivity contribution >= 4 is 23.5 Å². The number of ether oxygens (including phenoxy) is 1. The van der Waals surface area contributed by atoms with Gasteiger partial charge in [0.1, 0.15) is 5.82 Å². The molecule has 0 spiro atoms. The fourth-order valence-electron chi connectivity index (χ4n) is 2.49. The van der Waals surface area contributed by atoms with E-state index in [2.05, 4.69) is 0 Å². The van der Waals surface area contributed by atoms with Crippen LogP contribution in [0.25, 0.3) is 0 Å². The summed E-state index contributed by atoms with van der Waals surface area (Å²) in [4.78, 5) is 26.4. The Morgan fingerprint density at radius 3 is 2.91 bits per heavy atom. The van der Waals surface area contributed by atoms with Crippen LogP contribution in [0.1, 0.15) is 10.4 Å². The van der Waals surface area contributed by atoms with Gasteiger partial charge >= 0.3 is 5.97 Å². The Balaban J connectivity index is 2.00. The third kappa shape index (κ3) is 4.89. The second-order valence-corrected chi connectivity index (χ2v) is 5.87. The molecule has 1 atom stereocenters. The maximum Gasteiger partial charge on any atom is 0.317 e. The van der Waals surface area contributed by atoms with E-state index in [-0.39, 0.29) is 29.1 Å². The zero-order valence-corrected chi connectivity index (χ0v) is 13.4. The number of aliphatic carboxylic acids is 1. The Labute approximate surface area is 138 Å². The fourth-order valence-corrected chi connectivity index (χ4v) is 2.74. The minimum Gasteiger partial charge on any atom is -0.480 e. The molecule has 1 aromatic carbocycles. The van der Waals surface area contributed by atoms with E-state index in [4.69, 9.17) is 21.4 Å². The molecule has 1 heterocycles. The van der Waals surface area contributed by atoms with E-state index in [9.17, 15) is 14.0 Å². The van der Waals surface area contributed by atoms with Crippen LogP contribution in [0.15, 0.2) is 18.2 Å². The molecule has 1 unspecified atom stereocenters. The number of carbonyl (C=O) groups is 2. The summed E-state index contributed by atoms with van der Waals surface area (Å²) in [6.45, 7) is 1.39. The highest BCUT2D eigenvalue weighted by atomic mass is 35.5. The average Bonchev–Trinajstić information content (AvgIpc) is 2.46. The van der Waals surface area contributed by atoms with Crippen LogP contribution in [-0.4, -0.2) is 72.7 Å². The van der Waals surface area contributed by atoms with E-state index in [1.807, 2.05) is 0 Å². The molecule has 0 bridgehead atoms. The summed E-state index contributed by atoms with van der Waals surface area (Å²) < 4.78 is 18.7. The molecular formula is C15H18ClFN2O4. The number of benzene rings is 1. The van der Waals surface area contributed by atoms with Gasteiger partial charge in [-0.2, -0.15) is 0 Å². The highest BCUT2D eigenvalue weighted by Gasteiger charge is 2.27. The third-order valence-corrected chi connectivity index (χ3v) is 3.82. The van der Waals surface area contributed by atoms with Gasteiger partial charge in [0.25, 0.3) is 5.91 Å². The molecule has 0 saturated carbocycles. The van der Waals surface area contributed by atoms with Crippen LogP contribution in [0.4, 0.5) is 4.39 Å². The lowest BCUT2D eigenvalue weighted by Crippen LogP contribution is -2.49.